The van der Waals surface area contributed by atoms with Crippen molar-refractivity contribution in [1.82, 2.24) is 0 Å². The van der Waals surface area contributed by atoms with Crippen molar-refractivity contribution in [3.05, 3.63) is 106 Å². The van der Waals surface area contributed by atoms with Crippen LogP contribution in [0.1, 0.15) is 21.5 Å². The predicted octanol–water partition coefficient (Wildman–Crippen LogP) is 5.04. The average molecular weight is 422 g/mol. The second-order valence-corrected chi connectivity index (χ2v) is 6.66. The molecule has 4 rings (SSSR count). The van der Waals surface area contributed by atoms with Gasteiger partial charge in [-0.2, -0.15) is 0 Å². The number of aliphatic imine (C=N–C) groups is 1. The first-order valence-electron chi connectivity index (χ1n) is 8.85. The van der Waals surface area contributed by atoms with Crippen molar-refractivity contribution < 1.29 is 23.5 Å². The summed E-state index contributed by atoms with van der Waals surface area (Å²) in [5, 5.41) is 0.410. The van der Waals surface area contributed by atoms with Gasteiger partial charge in [0, 0.05) is 0 Å². The normalized spacial score (nSPS) is 14.4. The number of carbonyl (C=O) groups is 2. The third-order valence-corrected chi connectivity index (χ3v) is 4.52. The van der Waals surface area contributed by atoms with Crippen LogP contribution in [0, 0.1) is 5.82 Å². The molecule has 0 bridgehead atoms. The lowest BCUT2D eigenvalue weighted by Crippen LogP contribution is -2.10. The van der Waals surface area contributed by atoms with E-state index in [2.05, 4.69) is 4.99 Å². The molecule has 148 valence electrons. The van der Waals surface area contributed by atoms with Gasteiger partial charge in [0.25, 0.3) is 0 Å². The van der Waals surface area contributed by atoms with Crippen molar-refractivity contribution >= 4 is 35.5 Å². The molecule has 30 heavy (non-hydrogen) atoms. The number of esters is 2. The number of carbonyl (C=O) groups excluding carboxylic acids is 2. The first kappa shape index (κ1) is 19.5. The highest BCUT2D eigenvalue weighted by Crippen LogP contribution is 2.25. The van der Waals surface area contributed by atoms with E-state index in [-0.39, 0.29) is 22.9 Å². The smallest absolute Gasteiger partial charge is 0.363 e. The van der Waals surface area contributed by atoms with Crippen LogP contribution in [0.3, 0.4) is 0 Å². The van der Waals surface area contributed by atoms with E-state index in [0.717, 1.165) is 0 Å². The molecule has 0 amide bonds. The fourth-order valence-corrected chi connectivity index (χ4v) is 2.99. The van der Waals surface area contributed by atoms with Crippen LogP contribution in [0.4, 0.5) is 4.39 Å². The summed E-state index contributed by atoms with van der Waals surface area (Å²) in [4.78, 5) is 28.6. The minimum atomic E-state index is -0.822. The van der Waals surface area contributed by atoms with Crippen LogP contribution in [0.15, 0.2) is 83.5 Å². The van der Waals surface area contributed by atoms with Gasteiger partial charge in [-0.05, 0) is 48.0 Å². The SMILES string of the molecule is O=C1OC(c2ccccc2Cl)=N/C1=C/c1cccc(OC(=O)c2ccccc2F)c1. The molecule has 0 saturated carbocycles. The molecule has 0 N–H and O–H groups in total. The number of benzene rings is 3. The minimum Gasteiger partial charge on any atom is -0.423 e. The molecule has 0 saturated heterocycles. The lowest BCUT2D eigenvalue weighted by atomic mass is 10.2. The first-order chi connectivity index (χ1) is 14.5. The van der Waals surface area contributed by atoms with Crippen molar-refractivity contribution in [2.24, 2.45) is 4.99 Å². The molecule has 1 heterocycles. The van der Waals surface area contributed by atoms with Gasteiger partial charge in [0.05, 0.1) is 16.1 Å². The third kappa shape index (κ3) is 4.14. The third-order valence-electron chi connectivity index (χ3n) is 4.19. The maximum Gasteiger partial charge on any atom is 0.363 e. The summed E-state index contributed by atoms with van der Waals surface area (Å²) < 4.78 is 24.2. The van der Waals surface area contributed by atoms with Gasteiger partial charge in [0.15, 0.2) is 5.70 Å². The van der Waals surface area contributed by atoms with E-state index >= 15 is 0 Å². The fourth-order valence-electron chi connectivity index (χ4n) is 2.77. The Morgan fingerprint density at radius 3 is 2.60 bits per heavy atom. The molecule has 1 aliphatic rings. The van der Waals surface area contributed by atoms with E-state index in [4.69, 9.17) is 21.1 Å². The quantitative estimate of drug-likeness (QED) is 0.336. The van der Waals surface area contributed by atoms with Crippen molar-refractivity contribution in [1.29, 1.82) is 0 Å². The van der Waals surface area contributed by atoms with Crippen LogP contribution in [0.5, 0.6) is 5.75 Å². The van der Waals surface area contributed by atoms with Gasteiger partial charge in [-0.25, -0.2) is 19.0 Å². The Labute approximate surface area is 176 Å². The minimum absolute atomic E-state index is 0.0718. The molecule has 1 aliphatic heterocycles. The molecular formula is C23H13ClFNO4. The highest BCUT2D eigenvalue weighted by atomic mass is 35.5. The van der Waals surface area contributed by atoms with Crippen molar-refractivity contribution in [2.75, 3.05) is 0 Å². The monoisotopic (exact) mass is 421 g/mol. The van der Waals surface area contributed by atoms with Crippen LogP contribution in [0.2, 0.25) is 5.02 Å². The standard InChI is InChI=1S/C23H13ClFNO4/c24-18-10-3-1-8-16(18)21-26-20(23(28)30-21)13-14-6-5-7-15(12-14)29-22(27)17-9-2-4-11-19(17)25/h1-13H/b20-13+. The van der Waals surface area contributed by atoms with Gasteiger partial charge >= 0.3 is 11.9 Å². The van der Waals surface area contributed by atoms with Crippen LogP contribution in [0.25, 0.3) is 6.08 Å². The summed E-state index contributed by atoms with van der Waals surface area (Å²) in [5.74, 6) is -1.81. The number of cyclic esters (lactones) is 1. The summed E-state index contributed by atoms with van der Waals surface area (Å²) >= 11 is 6.12. The molecule has 0 spiro atoms. The van der Waals surface area contributed by atoms with Crippen LogP contribution >= 0.6 is 11.6 Å². The van der Waals surface area contributed by atoms with Crippen LogP contribution < -0.4 is 4.74 Å². The largest absolute Gasteiger partial charge is 0.423 e. The number of halogens is 2. The Bertz CT molecular complexity index is 1220. The molecule has 3 aromatic carbocycles. The molecular weight excluding hydrogens is 409 g/mol. The van der Waals surface area contributed by atoms with E-state index in [1.54, 1.807) is 48.5 Å². The van der Waals surface area contributed by atoms with Gasteiger partial charge in [0.2, 0.25) is 5.90 Å². The maximum atomic E-state index is 13.8. The molecule has 0 fully saturated rings. The lowest BCUT2D eigenvalue weighted by molar-refractivity contribution is -0.129. The number of hydrogen-bond acceptors (Lipinski definition) is 5. The van der Waals surface area contributed by atoms with E-state index in [1.807, 2.05) is 0 Å². The molecule has 0 unspecified atom stereocenters. The zero-order chi connectivity index (χ0) is 21.1. The lowest BCUT2D eigenvalue weighted by Gasteiger charge is -2.06. The summed E-state index contributed by atoms with van der Waals surface area (Å²) in [6.07, 6.45) is 1.49. The molecule has 7 heteroatoms. The Hall–Kier alpha value is -3.77. The average Bonchev–Trinajstić information content (AvgIpc) is 3.09. The molecule has 0 aliphatic carbocycles. The zero-order valence-electron chi connectivity index (χ0n) is 15.3. The molecule has 5 nitrogen and oxygen atoms in total. The number of rotatable bonds is 4. The molecule has 3 aromatic rings. The Morgan fingerprint density at radius 1 is 1.03 bits per heavy atom. The molecule has 0 aromatic heterocycles. The fraction of sp³-hybridized carbons (Fsp3) is 0. The molecule has 0 atom stereocenters. The van der Waals surface area contributed by atoms with Gasteiger partial charge in [-0.15, -0.1) is 0 Å². The predicted molar refractivity (Wildman–Crippen MR) is 110 cm³/mol. The Balaban J connectivity index is 1.58. The second-order valence-electron chi connectivity index (χ2n) is 6.26. The van der Waals surface area contributed by atoms with Crippen molar-refractivity contribution in [2.45, 2.75) is 0 Å². The van der Waals surface area contributed by atoms with Crippen molar-refractivity contribution in [3.8, 4) is 5.75 Å². The number of hydrogen-bond donors (Lipinski definition) is 0. The zero-order valence-corrected chi connectivity index (χ0v) is 16.1. The number of nitrogens with zero attached hydrogens (tertiary/aromatic N) is 1. The van der Waals surface area contributed by atoms with E-state index < -0.39 is 17.8 Å². The van der Waals surface area contributed by atoms with Gasteiger partial charge < -0.3 is 9.47 Å². The summed E-state index contributed by atoms with van der Waals surface area (Å²) in [5.41, 5.74) is 0.950. The summed E-state index contributed by atoms with van der Waals surface area (Å²) in [6, 6.07) is 18.8. The van der Waals surface area contributed by atoms with Crippen LogP contribution in [-0.4, -0.2) is 17.8 Å². The van der Waals surface area contributed by atoms with Gasteiger partial charge in [-0.3, -0.25) is 0 Å². The van der Waals surface area contributed by atoms with Crippen molar-refractivity contribution in [3.63, 3.8) is 0 Å². The van der Waals surface area contributed by atoms with Crippen LogP contribution in [-0.2, 0) is 9.53 Å². The van der Waals surface area contributed by atoms with Gasteiger partial charge in [-0.1, -0.05) is 48.0 Å². The molecule has 0 radical (unpaired) electrons. The summed E-state index contributed by atoms with van der Waals surface area (Å²) in [7, 11) is 0. The van der Waals surface area contributed by atoms with E-state index in [0.29, 0.717) is 16.1 Å². The highest BCUT2D eigenvalue weighted by Gasteiger charge is 2.25. The Morgan fingerprint density at radius 2 is 1.80 bits per heavy atom. The maximum absolute atomic E-state index is 13.8. The second kappa shape index (κ2) is 8.31. The van der Waals surface area contributed by atoms with Gasteiger partial charge in [0.1, 0.15) is 11.6 Å². The topological polar surface area (TPSA) is 65.0 Å². The summed E-state index contributed by atoms with van der Waals surface area (Å²) in [6.45, 7) is 0. The highest BCUT2D eigenvalue weighted by molar-refractivity contribution is 6.34. The van der Waals surface area contributed by atoms with E-state index in [1.165, 1.54) is 30.3 Å². The number of ether oxygens (including phenoxy) is 2. The Kier molecular flexibility index (Phi) is 5.41. The van der Waals surface area contributed by atoms with E-state index in [9.17, 15) is 14.0 Å². The first-order valence-corrected chi connectivity index (χ1v) is 9.23.